The van der Waals surface area contributed by atoms with Crippen LogP contribution in [0.2, 0.25) is 0 Å². The summed E-state index contributed by atoms with van der Waals surface area (Å²) in [5.41, 5.74) is -0.129. The number of carbonyl (C=O) groups excluding carboxylic acids is 2. The second kappa shape index (κ2) is 10.2. The number of nitrogens with zero attached hydrogens (tertiary/aromatic N) is 1. The predicted octanol–water partition coefficient (Wildman–Crippen LogP) is 3.40. The molecule has 0 aliphatic carbocycles. The summed E-state index contributed by atoms with van der Waals surface area (Å²) in [7, 11) is -0.955. The lowest BCUT2D eigenvalue weighted by Gasteiger charge is -2.17. The smallest absolute Gasteiger partial charge is 0.442 e. The van der Waals surface area contributed by atoms with Gasteiger partial charge in [0, 0.05) is 11.8 Å². The molecule has 0 bridgehead atoms. The molecule has 142 valence electrons. The van der Waals surface area contributed by atoms with Gasteiger partial charge in [0.25, 0.3) is 4.88 Å². The van der Waals surface area contributed by atoms with Crippen LogP contribution in [0.5, 0.6) is 5.19 Å². The van der Waals surface area contributed by atoms with Crippen molar-refractivity contribution in [3.8, 4) is 5.19 Å². The summed E-state index contributed by atoms with van der Waals surface area (Å²) in [4.78, 5) is 28.6. The van der Waals surface area contributed by atoms with E-state index in [1.54, 1.807) is 34.0 Å². The van der Waals surface area contributed by atoms with Gasteiger partial charge in [-0.1, -0.05) is 0 Å². The standard InChI is InChI=1S/C14H23NO7PS2/c1-6-18-12(16)10-11(13(17)19-7-2)25(5)14(15-10)22-23(24,20-8-3)21-9-4/h6-9H2,1-5H3/q+1. The molecule has 0 spiro atoms. The number of rotatable bonds is 10. The molecule has 0 saturated heterocycles. The van der Waals surface area contributed by atoms with Crippen molar-refractivity contribution in [2.75, 3.05) is 26.4 Å². The average molecular weight is 412 g/mol. The van der Waals surface area contributed by atoms with Gasteiger partial charge in [0.15, 0.2) is 0 Å². The third-order valence-electron chi connectivity index (χ3n) is 2.68. The van der Waals surface area contributed by atoms with Crippen molar-refractivity contribution < 1.29 is 32.6 Å². The summed E-state index contributed by atoms with van der Waals surface area (Å²) in [5.74, 6) is -1.36. The van der Waals surface area contributed by atoms with Crippen LogP contribution >= 0.6 is 17.2 Å². The minimum absolute atomic E-state index is 0.102. The minimum Gasteiger partial charge on any atom is -0.461 e. The van der Waals surface area contributed by atoms with E-state index < -0.39 is 29.1 Å². The van der Waals surface area contributed by atoms with Gasteiger partial charge in [-0.05, 0) is 27.7 Å². The van der Waals surface area contributed by atoms with Crippen LogP contribution in [0.15, 0.2) is 0 Å². The molecular weight excluding hydrogens is 389 g/mol. The maximum atomic E-state index is 12.2. The van der Waals surface area contributed by atoms with E-state index >= 15 is 0 Å². The normalized spacial score (nSPS) is 12.0. The Hall–Kier alpha value is -1.06. The van der Waals surface area contributed by atoms with Crippen LogP contribution in [0.3, 0.4) is 0 Å². The van der Waals surface area contributed by atoms with Crippen LogP contribution < -0.4 is 4.52 Å². The molecule has 0 fully saturated rings. The van der Waals surface area contributed by atoms with Gasteiger partial charge in [-0.3, -0.25) is 9.05 Å². The molecule has 1 heterocycles. The van der Waals surface area contributed by atoms with Crippen LogP contribution in [-0.4, -0.2) is 43.4 Å². The number of carbonyl (C=O) groups is 2. The molecule has 0 amide bonds. The van der Waals surface area contributed by atoms with E-state index in [9.17, 15) is 9.59 Å². The summed E-state index contributed by atoms with van der Waals surface area (Å²) in [5, 5.41) is 0.108. The Morgan fingerprint density at radius 2 is 1.52 bits per heavy atom. The zero-order valence-electron chi connectivity index (χ0n) is 14.9. The Kier molecular flexibility index (Phi) is 8.95. The first-order valence-corrected chi connectivity index (χ1v) is 11.9. The van der Waals surface area contributed by atoms with Crippen molar-refractivity contribution in [1.29, 1.82) is 0 Å². The van der Waals surface area contributed by atoms with E-state index in [0.717, 1.165) is 0 Å². The van der Waals surface area contributed by atoms with Crippen LogP contribution in [-0.2, 0) is 36.6 Å². The first-order chi connectivity index (χ1) is 11.8. The molecule has 0 aliphatic rings. The van der Waals surface area contributed by atoms with Gasteiger partial charge in [0.1, 0.15) is 6.26 Å². The molecule has 0 radical (unpaired) electrons. The maximum absolute atomic E-state index is 12.2. The molecule has 0 saturated carbocycles. The van der Waals surface area contributed by atoms with Gasteiger partial charge in [-0.2, -0.15) is 0 Å². The van der Waals surface area contributed by atoms with Crippen LogP contribution in [0.4, 0.5) is 0 Å². The minimum atomic E-state index is -3.07. The van der Waals surface area contributed by atoms with Crippen molar-refractivity contribution in [1.82, 2.24) is 4.98 Å². The quantitative estimate of drug-likeness (QED) is 0.326. The van der Waals surface area contributed by atoms with Crippen molar-refractivity contribution >= 4 is 40.9 Å². The van der Waals surface area contributed by atoms with E-state index in [0.29, 0.717) is 13.2 Å². The summed E-state index contributed by atoms with van der Waals surface area (Å²) in [6.45, 7) is 4.70. The molecule has 1 aromatic heterocycles. The molecule has 0 aliphatic heterocycles. The lowest BCUT2D eigenvalue weighted by Crippen LogP contribution is -2.13. The fourth-order valence-electron chi connectivity index (χ4n) is 1.78. The fourth-order valence-corrected chi connectivity index (χ4v) is 5.68. The van der Waals surface area contributed by atoms with Gasteiger partial charge < -0.3 is 14.0 Å². The van der Waals surface area contributed by atoms with E-state index in [1.807, 2.05) is 0 Å². The molecule has 0 aromatic carbocycles. The third kappa shape index (κ3) is 5.72. The number of hydrogen-bond acceptors (Lipinski definition) is 9. The first-order valence-electron chi connectivity index (χ1n) is 7.75. The lowest BCUT2D eigenvalue weighted by atomic mass is 10.3. The second-order valence-electron chi connectivity index (χ2n) is 4.38. The Morgan fingerprint density at radius 3 is 2.00 bits per heavy atom. The Balaban J connectivity index is 3.32. The summed E-state index contributed by atoms with van der Waals surface area (Å²) >= 11 is 5.32. The van der Waals surface area contributed by atoms with E-state index in [1.165, 1.54) is 0 Å². The number of hydrogen-bond donors (Lipinski definition) is 0. The van der Waals surface area contributed by atoms with Gasteiger partial charge in [-0.25, -0.2) is 9.59 Å². The van der Waals surface area contributed by atoms with Gasteiger partial charge in [0.2, 0.25) is 5.69 Å². The van der Waals surface area contributed by atoms with Crippen molar-refractivity contribution in [3.05, 3.63) is 10.6 Å². The van der Waals surface area contributed by atoms with E-state index in [2.05, 4.69) is 4.98 Å². The molecule has 1 aromatic rings. The van der Waals surface area contributed by atoms with Crippen molar-refractivity contribution in [2.24, 2.45) is 6.26 Å². The first kappa shape index (κ1) is 22.0. The highest BCUT2D eigenvalue weighted by Crippen LogP contribution is 2.52. The molecule has 0 N–H and O–H groups in total. The number of ether oxygens (including phenoxy) is 2. The second-order valence-corrected chi connectivity index (χ2v) is 9.09. The Labute approximate surface area is 155 Å². The molecule has 1 atom stereocenters. The van der Waals surface area contributed by atoms with Crippen LogP contribution in [0, 0.1) is 0 Å². The van der Waals surface area contributed by atoms with Crippen LogP contribution in [0.1, 0.15) is 47.9 Å². The van der Waals surface area contributed by atoms with Crippen molar-refractivity contribution in [3.63, 3.8) is 0 Å². The Morgan fingerprint density at radius 1 is 1.00 bits per heavy atom. The molecule has 8 nitrogen and oxygen atoms in total. The largest absolute Gasteiger partial charge is 0.461 e. The number of aromatic nitrogens is 1. The van der Waals surface area contributed by atoms with E-state index in [4.69, 9.17) is 34.9 Å². The number of esters is 2. The average Bonchev–Trinajstić information content (AvgIpc) is 2.85. The van der Waals surface area contributed by atoms with E-state index in [-0.39, 0.29) is 29.0 Å². The van der Waals surface area contributed by atoms with Crippen LogP contribution in [0.25, 0.3) is 0 Å². The Bertz CT molecular complexity index is 652. The zero-order chi connectivity index (χ0) is 19.0. The highest BCUT2D eigenvalue weighted by molar-refractivity contribution is 8.07. The van der Waals surface area contributed by atoms with Gasteiger partial charge >= 0.3 is 23.9 Å². The van der Waals surface area contributed by atoms with Crippen molar-refractivity contribution in [2.45, 2.75) is 27.7 Å². The highest BCUT2D eigenvalue weighted by Gasteiger charge is 2.40. The maximum Gasteiger partial charge on any atom is 0.442 e. The lowest BCUT2D eigenvalue weighted by molar-refractivity contribution is 0.0478. The molecule has 1 unspecified atom stereocenters. The van der Waals surface area contributed by atoms with Gasteiger partial charge in [0.05, 0.1) is 36.9 Å². The summed E-state index contributed by atoms with van der Waals surface area (Å²) < 4.78 is 26.5. The highest BCUT2D eigenvalue weighted by atomic mass is 32.5. The molecule has 25 heavy (non-hydrogen) atoms. The predicted molar refractivity (Wildman–Crippen MR) is 97.8 cm³/mol. The van der Waals surface area contributed by atoms with Gasteiger partial charge in [-0.15, -0.1) is 4.98 Å². The topological polar surface area (TPSA) is 93.2 Å². The molecular formula is C14H23NO7PS2+. The molecule has 11 heteroatoms. The molecule has 1 rings (SSSR count). The summed E-state index contributed by atoms with van der Waals surface area (Å²) in [6.07, 6.45) is 1.69. The third-order valence-corrected chi connectivity index (χ3v) is 6.88. The summed E-state index contributed by atoms with van der Waals surface area (Å²) in [6, 6.07) is 0. The number of thiazole rings is 1. The monoisotopic (exact) mass is 412 g/mol. The SMILES string of the molecule is CCOC(=O)c1nc(OP(=S)(OCC)OCC)[s+](C)c1C(=O)OCC. The fraction of sp³-hybridized carbons (Fsp3) is 0.643. The zero-order valence-corrected chi connectivity index (χ0v) is 17.4.